The van der Waals surface area contributed by atoms with Crippen molar-refractivity contribution < 1.29 is 14.3 Å². The lowest BCUT2D eigenvalue weighted by Gasteiger charge is -2.26. The molecule has 22 heavy (non-hydrogen) atoms. The van der Waals surface area contributed by atoms with Crippen molar-refractivity contribution >= 4 is 11.7 Å². The monoisotopic (exact) mass is 302 g/mol. The van der Waals surface area contributed by atoms with Crippen LogP contribution in [0.3, 0.4) is 0 Å². The second kappa shape index (κ2) is 6.38. The zero-order chi connectivity index (χ0) is 15.4. The van der Waals surface area contributed by atoms with Crippen LogP contribution in [0.25, 0.3) is 0 Å². The first-order chi connectivity index (χ1) is 10.7. The number of fused-ring (bicyclic) bond motifs is 1. The van der Waals surface area contributed by atoms with Crippen molar-refractivity contribution in [3.63, 3.8) is 0 Å². The molecular weight excluding hydrogens is 284 g/mol. The number of nitrogens with one attached hydrogen (secondary N) is 2. The normalized spacial score (nSPS) is 16.1. The van der Waals surface area contributed by atoms with Gasteiger partial charge in [-0.25, -0.2) is 4.79 Å². The maximum atomic E-state index is 11.8. The number of amides is 2. The third-order valence-corrected chi connectivity index (χ3v) is 3.27. The third kappa shape index (κ3) is 3.30. The molecule has 1 aliphatic heterocycles. The minimum absolute atomic E-state index is 0.209. The van der Waals surface area contributed by atoms with E-state index >= 15 is 0 Å². The molecule has 7 nitrogen and oxygen atoms in total. The highest BCUT2D eigenvalue weighted by Gasteiger charge is 2.21. The van der Waals surface area contributed by atoms with Gasteiger partial charge in [-0.1, -0.05) is 12.1 Å². The van der Waals surface area contributed by atoms with Crippen molar-refractivity contribution in [2.75, 3.05) is 18.5 Å². The summed E-state index contributed by atoms with van der Waals surface area (Å²) in [5.41, 5.74) is 0.658. The number of hydrogen-bond acceptors (Lipinski definition) is 4. The van der Waals surface area contributed by atoms with Crippen LogP contribution < -0.4 is 20.1 Å². The highest BCUT2D eigenvalue weighted by atomic mass is 16.6. The molecule has 0 spiro atoms. The van der Waals surface area contributed by atoms with Gasteiger partial charge >= 0.3 is 6.03 Å². The molecule has 2 aromatic rings. The van der Waals surface area contributed by atoms with Crippen LogP contribution in [0.5, 0.6) is 11.5 Å². The van der Waals surface area contributed by atoms with Gasteiger partial charge < -0.3 is 20.1 Å². The highest BCUT2D eigenvalue weighted by molar-refractivity contribution is 5.88. The molecule has 2 amide bonds. The van der Waals surface area contributed by atoms with Gasteiger partial charge in [0.1, 0.15) is 6.61 Å². The van der Waals surface area contributed by atoms with Crippen molar-refractivity contribution in [1.29, 1.82) is 0 Å². The van der Waals surface area contributed by atoms with Crippen molar-refractivity contribution in [3.8, 4) is 11.5 Å². The summed E-state index contributed by atoms with van der Waals surface area (Å²) in [4.78, 5) is 11.8. The Morgan fingerprint density at radius 3 is 3.00 bits per heavy atom. The molecule has 0 radical (unpaired) electrons. The molecule has 1 atom stereocenters. The number of hydrogen-bond donors (Lipinski definition) is 2. The summed E-state index contributed by atoms with van der Waals surface area (Å²) in [7, 11) is 0. The van der Waals surface area contributed by atoms with Gasteiger partial charge in [0.05, 0.1) is 18.4 Å². The Bertz CT molecular complexity index is 656. The lowest BCUT2D eigenvalue weighted by molar-refractivity contribution is 0.0922. The van der Waals surface area contributed by atoms with Crippen LogP contribution in [-0.4, -0.2) is 35.1 Å². The van der Waals surface area contributed by atoms with Crippen LogP contribution in [0.1, 0.15) is 6.92 Å². The number of rotatable bonds is 4. The predicted molar refractivity (Wildman–Crippen MR) is 81.3 cm³/mol. The van der Waals surface area contributed by atoms with Crippen LogP contribution >= 0.6 is 0 Å². The quantitative estimate of drug-likeness (QED) is 0.904. The Balaban J connectivity index is 1.47. The largest absolute Gasteiger partial charge is 0.486 e. The van der Waals surface area contributed by atoms with E-state index in [1.54, 1.807) is 17.1 Å². The molecule has 3 rings (SSSR count). The Hall–Kier alpha value is -2.70. The summed E-state index contributed by atoms with van der Waals surface area (Å²) in [6.07, 6.45) is 3.18. The SMILES string of the molecule is CCn1cc(NC(=O)NC[C@H]2COc3ccccc3O2)cn1. The molecule has 2 heterocycles. The molecule has 0 fully saturated rings. The summed E-state index contributed by atoms with van der Waals surface area (Å²) in [6.45, 7) is 3.51. The first kappa shape index (κ1) is 14.2. The van der Waals surface area contributed by atoms with Crippen LogP contribution in [-0.2, 0) is 6.54 Å². The molecule has 116 valence electrons. The summed E-state index contributed by atoms with van der Waals surface area (Å²) in [5, 5.41) is 9.58. The fourth-order valence-electron chi connectivity index (χ4n) is 2.15. The van der Waals surface area contributed by atoms with Crippen LogP contribution in [0.2, 0.25) is 0 Å². The number of nitrogens with zero attached hydrogens (tertiary/aromatic N) is 2. The first-order valence-electron chi connectivity index (χ1n) is 7.20. The smallest absolute Gasteiger partial charge is 0.319 e. The Morgan fingerprint density at radius 1 is 1.41 bits per heavy atom. The minimum atomic E-state index is -0.293. The average molecular weight is 302 g/mol. The van der Waals surface area contributed by atoms with Crippen molar-refractivity contribution in [1.82, 2.24) is 15.1 Å². The van der Waals surface area contributed by atoms with Crippen molar-refractivity contribution in [3.05, 3.63) is 36.7 Å². The molecule has 1 aromatic carbocycles. The minimum Gasteiger partial charge on any atom is -0.486 e. The number of anilines is 1. The molecule has 1 aromatic heterocycles. The number of carbonyl (C=O) groups is 1. The number of benzene rings is 1. The molecule has 2 N–H and O–H groups in total. The summed E-state index contributed by atoms with van der Waals surface area (Å²) >= 11 is 0. The number of ether oxygens (including phenoxy) is 2. The van der Waals surface area contributed by atoms with Crippen LogP contribution in [0.15, 0.2) is 36.7 Å². The van der Waals surface area contributed by atoms with Gasteiger partial charge in [0.25, 0.3) is 0 Å². The number of para-hydroxylation sites is 2. The van der Waals surface area contributed by atoms with Gasteiger partial charge in [-0.2, -0.15) is 5.10 Å². The number of urea groups is 1. The Labute approximate surface area is 128 Å². The first-order valence-corrected chi connectivity index (χ1v) is 7.20. The van der Waals surface area contributed by atoms with E-state index < -0.39 is 0 Å². The maximum Gasteiger partial charge on any atom is 0.319 e. The topological polar surface area (TPSA) is 77.4 Å². The van der Waals surface area contributed by atoms with E-state index in [1.807, 2.05) is 31.2 Å². The molecule has 1 aliphatic rings. The molecule has 0 bridgehead atoms. The van der Waals surface area contributed by atoms with E-state index in [-0.39, 0.29) is 12.1 Å². The fourth-order valence-corrected chi connectivity index (χ4v) is 2.15. The Morgan fingerprint density at radius 2 is 2.23 bits per heavy atom. The lowest BCUT2D eigenvalue weighted by atomic mass is 10.2. The zero-order valence-electron chi connectivity index (χ0n) is 12.3. The van der Waals surface area contributed by atoms with Gasteiger partial charge in [-0.15, -0.1) is 0 Å². The second-order valence-corrected chi connectivity index (χ2v) is 4.92. The molecule has 0 aliphatic carbocycles. The second-order valence-electron chi connectivity index (χ2n) is 4.92. The standard InChI is InChI=1S/C15H18N4O3/c1-2-19-9-11(7-17-19)18-15(20)16-8-12-10-21-13-5-3-4-6-14(13)22-12/h3-7,9,12H,2,8,10H2,1H3,(H2,16,18,20)/t12-/m0/s1. The lowest BCUT2D eigenvalue weighted by Crippen LogP contribution is -2.42. The van der Waals surface area contributed by atoms with Gasteiger partial charge in [-0.3, -0.25) is 4.68 Å². The van der Waals surface area contributed by atoms with E-state index in [4.69, 9.17) is 9.47 Å². The molecule has 0 unspecified atom stereocenters. The molecular formula is C15H18N4O3. The fraction of sp³-hybridized carbons (Fsp3) is 0.333. The van der Waals surface area contributed by atoms with Gasteiger partial charge in [0, 0.05) is 12.7 Å². The average Bonchev–Trinajstić information content (AvgIpc) is 3.00. The predicted octanol–water partition coefficient (Wildman–Crippen LogP) is 1.86. The van der Waals surface area contributed by atoms with Crippen LogP contribution in [0, 0.1) is 0 Å². The summed E-state index contributed by atoms with van der Waals surface area (Å²) in [6, 6.07) is 7.19. The van der Waals surface area contributed by atoms with Crippen molar-refractivity contribution in [2.45, 2.75) is 19.6 Å². The third-order valence-electron chi connectivity index (χ3n) is 3.27. The molecule has 0 saturated carbocycles. The number of carbonyl (C=O) groups excluding carboxylic acids is 1. The summed E-state index contributed by atoms with van der Waals surface area (Å²) in [5.74, 6) is 1.43. The van der Waals surface area contributed by atoms with Gasteiger partial charge in [0.2, 0.25) is 0 Å². The summed E-state index contributed by atoms with van der Waals surface area (Å²) < 4.78 is 13.1. The van der Waals surface area contributed by atoms with E-state index in [0.29, 0.717) is 24.6 Å². The van der Waals surface area contributed by atoms with E-state index in [0.717, 1.165) is 12.3 Å². The number of aromatic nitrogens is 2. The van der Waals surface area contributed by atoms with Gasteiger partial charge in [-0.05, 0) is 19.1 Å². The van der Waals surface area contributed by atoms with Crippen LogP contribution in [0.4, 0.5) is 10.5 Å². The zero-order valence-corrected chi connectivity index (χ0v) is 12.3. The maximum absolute atomic E-state index is 11.8. The highest BCUT2D eigenvalue weighted by Crippen LogP contribution is 2.30. The van der Waals surface area contributed by atoms with E-state index in [9.17, 15) is 4.79 Å². The van der Waals surface area contributed by atoms with E-state index in [2.05, 4.69) is 15.7 Å². The molecule has 7 heteroatoms. The number of aryl methyl sites for hydroxylation is 1. The Kier molecular flexibility index (Phi) is 4.13. The van der Waals surface area contributed by atoms with Gasteiger partial charge in [0.15, 0.2) is 17.6 Å². The van der Waals surface area contributed by atoms with E-state index in [1.165, 1.54) is 0 Å². The molecule has 0 saturated heterocycles. The van der Waals surface area contributed by atoms with Crippen molar-refractivity contribution in [2.24, 2.45) is 0 Å².